The van der Waals surface area contributed by atoms with E-state index in [9.17, 15) is 9.59 Å². The van der Waals surface area contributed by atoms with Gasteiger partial charge in [-0.05, 0) is 72.9 Å². The molecule has 0 unspecified atom stereocenters. The fourth-order valence-electron chi connectivity index (χ4n) is 5.16. The molecule has 0 aromatic heterocycles. The Morgan fingerprint density at radius 3 is 2.36 bits per heavy atom. The lowest BCUT2D eigenvalue weighted by Gasteiger charge is -2.34. The first kappa shape index (κ1) is 29.2. The van der Waals surface area contributed by atoms with E-state index < -0.39 is 6.04 Å². The third-order valence-corrected chi connectivity index (χ3v) is 8.79. The molecule has 39 heavy (non-hydrogen) atoms. The lowest BCUT2D eigenvalue weighted by molar-refractivity contribution is -0.141. The Bertz CT molecular complexity index is 1200. The van der Waals surface area contributed by atoms with Gasteiger partial charge in [0.15, 0.2) is 0 Å². The molecule has 3 aromatic rings. The third kappa shape index (κ3) is 9.15. The minimum atomic E-state index is -0.564. The molecule has 4 nitrogen and oxygen atoms in total. The number of hydrogen-bond donors (Lipinski definition) is 1. The SMILES string of the molecule is Cc1ccccc1CN(C(=O)CCCSc1ccc(Cl)cc1)[C@@H](Cc1ccccc1)C(=O)NC1CCCCC1. The maximum absolute atomic E-state index is 13.9. The van der Waals surface area contributed by atoms with Crippen LogP contribution in [0.2, 0.25) is 5.02 Å². The summed E-state index contributed by atoms with van der Waals surface area (Å²) >= 11 is 7.73. The molecule has 1 saturated carbocycles. The first-order chi connectivity index (χ1) is 19.0. The van der Waals surface area contributed by atoms with Crippen LogP contribution >= 0.6 is 23.4 Å². The molecule has 206 valence electrons. The molecule has 1 aliphatic rings. The molecule has 3 aromatic carbocycles. The quantitative estimate of drug-likeness (QED) is 0.182. The predicted octanol–water partition coefficient (Wildman–Crippen LogP) is 7.61. The largest absolute Gasteiger partial charge is 0.352 e. The maximum atomic E-state index is 13.9. The topological polar surface area (TPSA) is 49.4 Å². The second kappa shape index (κ2) is 15.1. The maximum Gasteiger partial charge on any atom is 0.243 e. The van der Waals surface area contributed by atoms with Gasteiger partial charge in [-0.1, -0.05) is 85.5 Å². The van der Waals surface area contributed by atoms with E-state index in [2.05, 4.69) is 24.4 Å². The van der Waals surface area contributed by atoms with Gasteiger partial charge in [0, 0.05) is 35.3 Å². The minimum absolute atomic E-state index is 0.0229. The summed E-state index contributed by atoms with van der Waals surface area (Å²) in [6.45, 7) is 2.49. The molecule has 0 spiro atoms. The van der Waals surface area contributed by atoms with E-state index in [1.807, 2.05) is 71.6 Å². The number of amides is 2. The van der Waals surface area contributed by atoms with Crippen LogP contribution in [0.4, 0.5) is 0 Å². The molecule has 1 atom stereocenters. The summed E-state index contributed by atoms with van der Waals surface area (Å²) in [5.74, 6) is 0.807. The van der Waals surface area contributed by atoms with E-state index >= 15 is 0 Å². The Morgan fingerprint density at radius 2 is 1.64 bits per heavy atom. The highest BCUT2D eigenvalue weighted by atomic mass is 35.5. The van der Waals surface area contributed by atoms with Crippen molar-refractivity contribution < 1.29 is 9.59 Å². The van der Waals surface area contributed by atoms with Crippen LogP contribution in [0, 0.1) is 6.92 Å². The zero-order valence-corrected chi connectivity index (χ0v) is 24.4. The van der Waals surface area contributed by atoms with Gasteiger partial charge in [-0.2, -0.15) is 0 Å². The number of nitrogens with one attached hydrogen (secondary N) is 1. The number of thioether (sulfide) groups is 1. The first-order valence-electron chi connectivity index (χ1n) is 14.1. The fraction of sp³-hybridized carbons (Fsp3) is 0.394. The van der Waals surface area contributed by atoms with Crippen molar-refractivity contribution in [2.75, 3.05) is 5.75 Å². The Morgan fingerprint density at radius 1 is 0.949 bits per heavy atom. The average molecular weight is 563 g/mol. The normalized spacial score (nSPS) is 14.5. The summed E-state index contributed by atoms with van der Waals surface area (Å²) in [6, 6.07) is 25.6. The van der Waals surface area contributed by atoms with Crippen molar-refractivity contribution in [2.24, 2.45) is 0 Å². The third-order valence-electron chi connectivity index (χ3n) is 7.44. The van der Waals surface area contributed by atoms with Crippen LogP contribution in [0.25, 0.3) is 0 Å². The van der Waals surface area contributed by atoms with Gasteiger partial charge >= 0.3 is 0 Å². The molecule has 1 N–H and O–H groups in total. The second-order valence-electron chi connectivity index (χ2n) is 10.4. The number of rotatable bonds is 12. The monoisotopic (exact) mass is 562 g/mol. The number of nitrogens with zero attached hydrogens (tertiary/aromatic N) is 1. The van der Waals surface area contributed by atoms with Crippen LogP contribution in [0.15, 0.2) is 83.8 Å². The van der Waals surface area contributed by atoms with Gasteiger partial charge in [0.2, 0.25) is 11.8 Å². The van der Waals surface area contributed by atoms with Gasteiger partial charge in [-0.25, -0.2) is 0 Å². The number of carbonyl (C=O) groups is 2. The molecular formula is C33H39ClN2O2S. The average Bonchev–Trinajstić information content (AvgIpc) is 2.96. The molecule has 0 radical (unpaired) electrons. The van der Waals surface area contributed by atoms with Crippen LogP contribution in [0.1, 0.15) is 61.6 Å². The number of aryl methyl sites for hydroxylation is 1. The van der Waals surface area contributed by atoms with Crippen LogP contribution in [-0.4, -0.2) is 34.6 Å². The van der Waals surface area contributed by atoms with Crippen molar-refractivity contribution in [3.8, 4) is 0 Å². The van der Waals surface area contributed by atoms with Gasteiger partial charge in [0.25, 0.3) is 0 Å². The van der Waals surface area contributed by atoms with Crippen molar-refractivity contribution in [1.82, 2.24) is 10.2 Å². The summed E-state index contributed by atoms with van der Waals surface area (Å²) in [5.41, 5.74) is 3.26. The van der Waals surface area contributed by atoms with Crippen molar-refractivity contribution >= 4 is 35.2 Å². The van der Waals surface area contributed by atoms with Crippen molar-refractivity contribution in [2.45, 2.75) is 81.8 Å². The van der Waals surface area contributed by atoms with E-state index in [0.29, 0.717) is 19.4 Å². The van der Waals surface area contributed by atoms with E-state index in [0.717, 1.165) is 64.5 Å². The zero-order valence-electron chi connectivity index (χ0n) is 22.8. The standard InChI is InChI=1S/C33H39ClN2O2S/c1-25-11-8-9-14-27(25)24-36(32(37)17-10-22-39-30-20-18-28(34)19-21-30)31(23-26-12-4-2-5-13-26)33(38)35-29-15-6-3-7-16-29/h2,4-5,8-9,11-14,18-21,29,31H,3,6-7,10,15-17,22-24H2,1H3,(H,35,38)/t31-/m0/s1. The van der Waals surface area contributed by atoms with Crippen LogP contribution in [-0.2, 0) is 22.6 Å². The highest BCUT2D eigenvalue weighted by Crippen LogP contribution is 2.24. The molecule has 6 heteroatoms. The van der Waals surface area contributed by atoms with Crippen LogP contribution in [0.3, 0.4) is 0 Å². The van der Waals surface area contributed by atoms with E-state index in [1.54, 1.807) is 11.8 Å². The zero-order chi connectivity index (χ0) is 27.5. The summed E-state index contributed by atoms with van der Waals surface area (Å²) in [7, 11) is 0. The number of halogens is 1. The number of carbonyl (C=O) groups excluding carboxylic acids is 2. The van der Waals surface area contributed by atoms with Gasteiger partial charge in [0.1, 0.15) is 6.04 Å². The van der Waals surface area contributed by atoms with Gasteiger partial charge in [0.05, 0.1) is 0 Å². The Balaban J connectivity index is 1.52. The summed E-state index contributed by atoms with van der Waals surface area (Å²) < 4.78 is 0. The second-order valence-corrected chi connectivity index (χ2v) is 12.0. The summed E-state index contributed by atoms with van der Waals surface area (Å²) in [6.07, 6.45) is 7.17. The van der Waals surface area contributed by atoms with E-state index in [4.69, 9.17) is 11.6 Å². The number of hydrogen-bond acceptors (Lipinski definition) is 3. The summed E-state index contributed by atoms with van der Waals surface area (Å²) in [4.78, 5) is 30.7. The molecular weight excluding hydrogens is 524 g/mol. The predicted molar refractivity (Wildman–Crippen MR) is 162 cm³/mol. The highest BCUT2D eigenvalue weighted by molar-refractivity contribution is 7.99. The van der Waals surface area contributed by atoms with Crippen LogP contribution in [0.5, 0.6) is 0 Å². The lowest BCUT2D eigenvalue weighted by Crippen LogP contribution is -2.52. The van der Waals surface area contributed by atoms with Gasteiger partial charge in [-0.15, -0.1) is 11.8 Å². The van der Waals surface area contributed by atoms with Crippen molar-refractivity contribution in [3.05, 3.63) is 101 Å². The molecule has 1 fully saturated rings. The lowest BCUT2D eigenvalue weighted by atomic mass is 9.94. The Labute approximate surface area is 242 Å². The molecule has 0 bridgehead atoms. The molecule has 2 amide bonds. The smallest absolute Gasteiger partial charge is 0.243 e. The van der Waals surface area contributed by atoms with E-state index in [-0.39, 0.29) is 17.9 Å². The van der Waals surface area contributed by atoms with Crippen molar-refractivity contribution in [3.63, 3.8) is 0 Å². The molecule has 0 aliphatic heterocycles. The summed E-state index contributed by atoms with van der Waals surface area (Å²) in [5, 5.41) is 4.04. The molecule has 4 rings (SSSR count). The van der Waals surface area contributed by atoms with E-state index in [1.165, 1.54) is 6.42 Å². The van der Waals surface area contributed by atoms with Crippen molar-refractivity contribution in [1.29, 1.82) is 0 Å². The fourth-order valence-corrected chi connectivity index (χ4v) is 6.14. The number of benzene rings is 3. The molecule has 0 saturated heterocycles. The molecule has 0 heterocycles. The van der Waals surface area contributed by atoms with Crippen LogP contribution < -0.4 is 5.32 Å². The highest BCUT2D eigenvalue weighted by Gasteiger charge is 2.31. The Kier molecular flexibility index (Phi) is 11.3. The van der Waals surface area contributed by atoms with Gasteiger partial charge < -0.3 is 10.2 Å². The Hall–Kier alpha value is -2.76. The molecule has 1 aliphatic carbocycles. The first-order valence-corrected chi connectivity index (χ1v) is 15.4. The minimum Gasteiger partial charge on any atom is -0.352 e. The van der Waals surface area contributed by atoms with Gasteiger partial charge in [-0.3, -0.25) is 9.59 Å².